The van der Waals surface area contributed by atoms with Crippen molar-refractivity contribution >= 4 is 34.9 Å². The summed E-state index contributed by atoms with van der Waals surface area (Å²) in [5.41, 5.74) is 7.65. The second-order valence-corrected chi connectivity index (χ2v) is 5.43. The molecule has 0 atom stereocenters. The van der Waals surface area contributed by atoms with Crippen molar-refractivity contribution in [2.75, 3.05) is 12.3 Å². The number of benzene rings is 2. The standard InChI is InChI=1S/C18H18ClNO3/c1-2-9-23-17-8-3-12(11-16(17)19)10-15(18(21)22)13-4-6-14(20)7-5-13/h3-8,10-11H,2,9,20H2,1H3,(H,21,22)/b15-10-. The number of anilines is 1. The lowest BCUT2D eigenvalue weighted by Gasteiger charge is -2.08. The molecule has 2 aromatic carbocycles. The lowest BCUT2D eigenvalue weighted by Crippen LogP contribution is -2.00. The molecule has 0 fully saturated rings. The number of hydrogen-bond donors (Lipinski definition) is 2. The number of halogens is 1. The van der Waals surface area contributed by atoms with E-state index in [1.165, 1.54) is 0 Å². The molecule has 0 saturated carbocycles. The Balaban J connectivity index is 2.34. The first-order valence-electron chi connectivity index (χ1n) is 7.24. The molecule has 0 amide bonds. The summed E-state index contributed by atoms with van der Waals surface area (Å²) >= 11 is 6.18. The zero-order valence-corrected chi connectivity index (χ0v) is 13.5. The minimum atomic E-state index is -1.02. The van der Waals surface area contributed by atoms with E-state index in [4.69, 9.17) is 22.1 Å². The Morgan fingerprint density at radius 1 is 1.26 bits per heavy atom. The third kappa shape index (κ3) is 4.50. The largest absolute Gasteiger partial charge is 0.492 e. The van der Waals surface area contributed by atoms with Gasteiger partial charge in [0.25, 0.3) is 0 Å². The van der Waals surface area contributed by atoms with E-state index in [0.717, 1.165) is 6.42 Å². The Hall–Kier alpha value is -2.46. The van der Waals surface area contributed by atoms with Gasteiger partial charge in [-0.1, -0.05) is 36.7 Å². The Kier molecular flexibility index (Phi) is 5.66. The number of ether oxygens (including phenoxy) is 1. The number of nitrogen functional groups attached to an aromatic ring is 1. The first-order valence-corrected chi connectivity index (χ1v) is 7.62. The Morgan fingerprint density at radius 2 is 1.96 bits per heavy atom. The smallest absolute Gasteiger partial charge is 0.336 e. The van der Waals surface area contributed by atoms with Gasteiger partial charge in [0.1, 0.15) is 5.75 Å². The fourth-order valence-electron chi connectivity index (χ4n) is 2.03. The van der Waals surface area contributed by atoms with E-state index in [-0.39, 0.29) is 5.57 Å². The molecule has 0 aliphatic heterocycles. The molecule has 3 N–H and O–H groups in total. The van der Waals surface area contributed by atoms with E-state index in [9.17, 15) is 9.90 Å². The van der Waals surface area contributed by atoms with Gasteiger partial charge >= 0.3 is 5.97 Å². The first-order chi connectivity index (χ1) is 11.0. The van der Waals surface area contributed by atoms with Crippen molar-refractivity contribution in [2.24, 2.45) is 0 Å². The molecule has 5 heteroatoms. The van der Waals surface area contributed by atoms with Crippen molar-refractivity contribution in [1.82, 2.24) is 0 Å². The summed E-state index contributed by atoms with van der Waals surface area (Å²) in [6.07, 6.45) is 2.46. The lowest BCUT2D eigenvalue weighted by molar-refractivity contribution is -0.130. The molecule has 0 unspecified atom stereocenters. The van der Waals surface area contributed by atoms with Crippen molar-refractivity contribution in [3.63, 3.8) is 0 Å². The van der Waals surface area contributed by atoms with Crippen LogP contribution in [0.5, 0.6) is 5.75 Å². The minimum absolute atomic E-state index is 0.170. The summed E-state index contributed by atoms with van der Waals surface area (Å²) in [5.74, 6) is -0.424. The molecule has 4 nitrogen and oxygen atoms in total. The molecule has 0 aromatic heterocycles. The minimum Gasteiger partial charge on any atom is -0.492 e. The zero-order valence-electron chi connectivity index (χ0n) is 12.8. The number of carbonyl (C=O) groups is 1. The molecule has 0 spiro atoms. The number of aliphatic carboxylic acids is 1. The van der Waals surface area contributed by atoms with E-state index in [1.807, 2.05) is 6.92 Å². The number of nitrogens with two attached hydrogens (primary N) is 1. The van der Waals surface area contributed by atoms with Gasteiger partial charge in [0.15, 0.2) is 0 Å². The van der Waals surface area contributed by atoms with Gasteiger partial charge in [-0.15, -0.1) is 0 Å². The summed E-state index contributed by atoms with van der Waals surface area (Å²) in [6, 6.07) is 11.9. The summed E-state index contributed by atoms with van der Waals surface area (Å²) in [7, 11) is 0. The van der Waals surface area contributed by atoms with E-state index in [2.05, 4.69) is 0 Å². The Morgan fingerprint density at radius 3 is 2.52 bits per heavy atom. The van der Waals surface area contributed by atoms with Crippen LogP contribution < -0.4 is 10.5 Å². The van der Waals surface area contributed by atoms with Crippen LogP contribution in [0.25, 0.3) is 11.6 Å². The predicted molar refractivity (Wildman–Crippen MR) is 93.6 cm³/mol. The van der Waals surface area contributed by atoms with Crippen LogP contribution in [-0.2, 0) is 4.79 Å². The molecule has 0 aliphatic rings. The summed E-state index contributed by atoms with van der Waals surface area (Å²) in [4.78, 5) is 11.5. The predicted octanol–water partition coefficient (Wildman–Crippen LogP) is 4.34. The Labute approximate surface area is 140 Å². The van der Waals surface area contributed by atoms with Crippen molar-refractivity contribution in [3.8, 4) is 5.75 Å². The van der Waals surface area contributed by atoms with Gasteiger partial charge in [-0.25, -0.2) is 4.79 Å². The van der Waals surface area contributed by atoms with Crippen molar-refractivity contribution < 1.29 is 14.6 Å². The second-order valence-electron chi connectivity index (χ2n) is 5.02. The van der Waals surface area contributed by atoms with Crippen LogP contribution in [0.4, 0.5) is 5.69 Å². The molecule has 2 aromatic rings. The molecular formula is C18H18ClNO3. The molecule has 0 bridgehead atoms. The maximum absolute atomic E-state index is 11.5. The third-order valence-corrected chi connectivity index (χ3v) is 3.48. The summed E-state index contributed by atoms with van der Waals surface area (Å²) < 4.78 is 5.51. The van der Waals surface area contributed by atoms with Gasteiger partial charge in [0.05, 0.1) is 17.2 Å². The van der Waals surface area contributed by atoms with Crippen molar-refractivity contribution in [1.29, 1.82) is 0 Å². The van der Waals surface area contributed by atoms with E-state index >= 15 is 0 Å². The normalized spacial score (nSPS) is 11.3. The van der Waals surface area contributed by atoms with Crippen LogP contribution in [0.3, 0.4) is 0 Å². The molecule has 0 radical (unpaired) electrons. The van der Waals surface area contributed by atoms with Crippen LogP contribution in [0.2, 0.25) is 5.02 Å². The number of carboxylic acids is 1. The number of rotatable bonds is 6. The highest BCUT2D eigenvalue weighted by molar-refractivity contribution is 6.32. The quantitative estimate of drug-likeness (QED) is 0.469. The van der Waals surface area contributed by atoms with Gasteiger partial charge in [0, 0.05) is 5.69 Å². The molecule has 0 saturated heterocycles. The SMILES string of the molecule is CCCOc1ccc(/C=C(\C(=O)O)c2ccc(N)cc2)cc1Cl. The zero-order chi connectivity index (χ0) is 16.8. The fourth-order valence-corrected chi connectivity index (χ4v) is 2.28. The maximum atomic E-state index is 11.5. The molecule has 120 valence electrons. The van der Waals surface area contributed by atoms with Crippen LogP contribution in [0.1, 0.15) is 24.5 Å². The highest BCUT2D eigenvalue weighted by Gasteiger charge is 2.11. The summed E-state index contributed by atoms with van der Waals surface area (Å²) in [5, 5.41) is 9.89. The van der Waals surface area contributed by atoms with Gasteiger partial charge in [-0.2, -0.15) is 0 Å². The number of carboxylic acid groups (broad SMARTS) is 1. The van der Waals surface area contributed by atoms with Gasteiger partial charge < -0.3 is 15.6 Å². The topological polar surface area (TPSA) is 72.5 Å². The van der Waals surface area contributed by atoms with Crippen LogP contribution in [0.15, 0.2) is 42.5 Å². The van der Waals surface area contributed by atoms with Gasteiger partial charge in [-0.05, 0) is 47.9 Å². The monoisotopic (exact) mass is 331 g/mol. The highest BCUT2D eigenvalue weighted by atomic mass is 35.5. The van der Waals surface area contributed by atoms with E-state index in [1.54, 1.807) is 48.5 Å². The fraction of sp³-hybridized carbons (Fsp3) is 0.167. The maximum Gasteiger partial charge on any atom is 0.336 e. The summed E-state index contributed by atoms with van der Waals surface area (Å²) in [6.45, 7) is 2.59. The average molecular weight is 332 g/mol. The van der Waals surface area contributed by atoms with Crippen molar-refractivity contribution in [2.45, 2.75) is 13.3 Å². The van der Waals surface area contributed by atoms with Crippen LogP contribution in [0, 0.1) is 0 Å². The molecular weight excluding hydrogens is 314 g/mol. The second kappa shape index (κ2) is 7.70. The third-order valence-electron chi connectivity index (χ3n) is 3.18. The molecule has 2 rings (SSSR count). The first kappa shape index (κ1) is 16.9. The van der Waals surface area contributed by atoms with E-state index < -0.39 is 5.97 Å². The van der Waals surface area contributed by atoms with Crippen LogP contribution >= 0.6 is 11.6 Å². The Bertz CT molecular complexity index is 724. The molecule has 0 heterocycles. The number of hydrogen-bond acceptors (Lipinski definition) is 3. The lowest BCUT2D eigenvalue weighted by atomic mass is 10.0. The average Bonchev–Trinajstić information content (AvgIpc) is 2.52. The van der Waals surface area contributed by atoms with Crippen molar-refractivity contribution in [3.05, 3.63) is 58.6 Å². The van der Waals surface area contributed by atoms with Gasteiger partial charge in [-0.3, -0.25) is 0 Å². The molecule has 23 heavy (non-hydrogen) atoms. The highest BCUT2D eigenvalue weighted by Crippen LogP contribution is 2.28. The van der Waals surface area contributed by atoms with Crippen LogP contribution in [-0.4, -0.2) is 17.7 Å². The molecule has 0 aliphatic carbocycles. The van der Waals surface area contributed by atoms with Gasteiger partial charge in [0.2, 0.25) is 0 Å². The van der Waals surface area contributed by atoms with E-state index in [0.29, 0.717) is 34.2 Å².